The van der Waals surface area contributed by atoms with Crippen LogP contribution in [0.1, 0.15) is 40.6 Å². The molecule has 0 bridgehead atoms. The summed E-state index contributed by atoms with van der Waals surface area (Å²) in [7, 11) is 0. The molecule has 0 radical (unpaired) electrons. The van der Waals surface area contributed by atoms with Gasteiger partial charge < -0.3 is 14.4 Å². The van der Waals surface area contributed by atoms with Crippen LogP contribution in [0.5, 0.6) is 5.75 Å². The van der Waals surface area contributed by atoms with E-state index in [1.165, 1.54) is 0 Å². The molecule has 0 spiro atoms. The third-order valence-electron chi connectivity index (χ3n) is 4.90. The van der Waals surface area contributed by atoms with Gasteiger partial charge in [-0.3, -0.25) is 4.79 Å². The molecule has 2 heterocycles. The molecule has 2 aromatic carbocycles. The lowest BCUT2D eigenvalue weighted by molar-refractivity contribution is 0.0704. The van der Waals surface area contributed by atoms with E-state index in [9.17, 15) is 9.90 Å². The standard InChI is InChI=1S/C20H18ClNO3/c1-12-15-4-2-5-16(21)19(15)25-18(12)20(24)22-11-3-6-17(22)13-7-9-14(23)10-8-13/h2,4-5,7-10,17,23H,3,6,11H2,1H3. The van der Waals surface area contributed by atoms with E-state index in [1.807, 2.05) is 36.1 Å². The number of amides is 1. The number of carbonyl (C=O) groups is 1. The van der Waals surface area contributed by atoms with Crippen molar-refractivity contribution in [3.05, 3.63) is 64.4 Å². The summed E-state index contributed by atoms with van der Waals surface area (Å²) >= 11 is 6.20. The average Bonchev–Trinajstić information content (AvgIpc) is 3.22. The number of hydrogen-bond acceptors (Lipinski definition) is 3. The van der Waals surface area contributed by atoms with Crippen LogP contribution in [0.25, 0.3) is 11.0 Å². The highest BCUT2D eigenvalue weighted by atomic mass is 35.5. The van der Waals surface area contributed by atoms with Crippen LogP contribution in [0, 0.1) is 6.92 Å². The predicted molar refractivity (Wildman–Crippen MR) is 97.1 cm³/mol. The molecule has 4 nitrogen and oxygen atoms in total. The number of phenols is 1. The second-order valence-electron chi connectivity index (χ2n) is 6.42. The predicted octanol–water partition coefficient (Wildman–Crippen LogP) is 5.08. The summed E-state index contributed by atoms with van der Waals surface area (Å²) < 4.78 is 5.84. The molecular formula is C20H18ClNO3. The Balaban J connectivity index is 1.71. The summed E-state index contributed by atoms with van der Waals surface area (Å²) in [4.78, 5) is 15.0. The molecule has 3 aromatic rings. The Labute approximate surface area is 150 Å². The molecule has 1 saturated heterocycles. The second kappa shape index (κ2) is 6.12. The summed E-state index contributed by atoms with van der Waals surface area (Å²) in [6.07, 6.45) is 1.84. The average molecular weight is 356 g/mol. The highest BCUT2D eigenvalue weighted by Gasteiger charge is 2.33. The maximum Gasteiger partial charge on any atom is 0.290 e. The number of aryl methyl sites for hydroxylation is 1. The number of fused-ring (bicyclic) bond motifs is 1. The van der Waals surface area contributed by atoms with Crippen LogP contribution in [0.3, 0.4) is 0 Å². The van der Waals surface area contributed by atoms with Crippen LogP contribution in [0.4, 0.5) is 0 Å². The number of halogens is 1. The molecule has 128 valence electrons. The summed E-state index contributed by atoms with van der Waals surface area (Å²) in [5.41, 5.74) is 2.40. The number of carbonyl (C=O) groups excluding carboxylic acids is 1. The topological polar surface area (TPSA) is 53.7 Å². The maximum atomic E-state index is 13.1. The molecule has 1 atom stereocenters. The number of phenolic OH excluding ortho intramolecular Hbond substituents is 1. The van der Waals surface area contributed by atoms with Gasteiger partial charge in [0.1, 0.15) is 5.75 Å². The molecule has 1 aliphatic heterocycles. The Bertz CT molecular complexity index is 945. The quantitative estimate of drug-likeness (QED) is 0.697. The lowest BCUT2D eigenvalue weighted by atomic mass is 10.0. The minimum absolute atomic E-state index is 0.00353. The van der Waals surface area contributed by atoms with Gasteiger partial charge in [-0.05, 0) is 43.5 Å². The highest BCUT2D eigenvalue weighted by Crippen LogP contribution is 2.36. The van der Waals surface area contributed by atoms with Crippen LogP contribution < -0.4 is 0 Å². The minimum Gasteiger partial charge on any atom is -0.508 e. The van der Waals surface area contributed by atoms with E-state index in [2.05, 4.69) is 0 Å². The summed E-state index contributed by atoms with van der Waals surface area (Å²) in [5, 5.41) is 10.9. The molecule has 4 rings (SSSR count). The zero-order valence-corrected chi connectivity index (χ0v) is 14.6. The van der Waals surface area contributed by atoms with Crippen molar-refractivity contribution in [3.8, 4) is 5.75 Å². The van der Waals surface area contributed by atoms with Gasteiger partial charge >= 0.3 is 0 Å². The molecule has 0 aliphatic carbocycles. The smallest absolute Gasteiger partial charge is 0.290 e. The van der Waals surface area contributed by atoms with Crippen molar-refractivity contribution in [1.82, 2.24) is 4.90 Å². The number of likely N-dealkylation sites (tertiary alicyclic amines) is 1. The number of nitrogens with zero attached hydrogens (tertiary/aromatic N) is 1. The Hall–Kier alpha value is -2.46. The van der Waals surface area contributed by atoms with E-state index >= 15 is 0 Å². The van der Waals surface area contributed by atoms with Crippen molar-refractivity contribution in [2.24, 2.45) is 0 Å². The molecule has 5 heteroatoms. The number of aromatic hydroxyl groups is 1. The van der Waals surface area contributed by atoms with Crippen molar-refractivity contribution >= 4 is 28.5 Å². The molecule has 25 heavy (non-hydrogen) atoms. The number of rotatable bonds is 2. The van der Waals surface area contributed by atoms with Crippen LogP contribution in [0.15, 0.2) is 46.9 Å². The van der Waals surface area contributed by atoms with E-state index < -0.39 is 0 Å². The summed E-state index contributed by atoms with van der Waals surface area (Å²) in [6, 6.07) is 12.6. The molecule has 0 saturated carbocycles. The SMILES string of the molecule is Cc1c(C(=O)N2CCCC2c2ccc(O)cc2)oc2c(Cl)cccc12. The lowest BCUT2D eigenvalue weighted by Gasteiger charge is -2.24. The highest BCUT2D eigenvalue weighted by molar-refractivity contribution is 6.35. The van der Waals surface area contributed by atoms with E-state index in [0.29, 0.717) is 22.9 Å². The third kappa shape index (κ3) is 2.67. The number of benzene rings is 2. The van der Waals surface area contributed by atoms with E-state index in [0.717, 1.165) is 29.4 Å². The van der Waals surface area contributed by atoms with Gasteiger partial charge in [0, 0.05) is 17.5 Å². The van der Waals surface area contributed by atoms with Gasteiger partial charge in [-0.15, -0.1) is 0 Å². The van der Waals surface area contributed by atoms with Crippen molar-refractivity contribution in [2.45, 2.75) is 25.8 Å². The van der Waals surface area contributed by atoms with Gasteiger partial charge in [0.2, 0.25) is 0 Å². The van der Waals surface area contributed by atoms with E-state index in [4.69, 9.17) is 16.0 Å². The van der Waals surface area contributed by atoms with Crippen molar-refractivity contribution in [2.75, 3.05) is 6.54 Å². The van der Waals surface area contributed by atoms with Crippen LogP contribution in [-0.2, 0) is 0 Å². The molecular weight excluding hydrogens is 338 g/mol. The molecule has 1 N–H and O–H groups in total. The monoisotopic (exact) mass is 355 g/mol. The fourth-order valence-corrected chi connectivity index (χ4v) is 3.81. The Kier molecular flexibility index (Phi) is 3.92. The fraction of sp³-hybridized carbons (Fsp3) is 0.250. The van der Waals surface area contributed by atoms with Gasteiger partial charge in [-0.1, -0.05) is 35.9 Å². The van der Waals surface area contributed by atoms with Crippen molar-refractivity contribution in [1.29, 1.82) is 0 Å². The van der Waals surface area contributed by atoms with Crippen molar-refractivity contribution in [3.63, 3.8) is 0 Å². The Morgan fingerprint density at radius 1 is 1.24 bits per heavy atom. The first kappa shape index (κ1) is 16.0. The molecule has 1 unspecified atom stereocenters. The van der Waals surface area contributed by atoms with Gasteiger partial charge in [-0.2, -0.15) is 0 Å². The summed E-state index contributed by atoms with van der Waals surface area (Å²) in [6.45, 7) is 2.58. The number of hydrogen-bond donors (Lipinski definition) is 1. The van der Waals surface area contributed by atoms with Gasteiger partial charge in [0.25, 0.3) is 5.91 Å². The zero-order valence-electron chi connectivity index (χ0n) is 13.8. The van der Waals surface area contributed by atoms with Crippen LogP contribution in [0.2, 0.25) is 5.02 Å². The summed E-state index contributed by atoms with van der Waals surface area (Å²) in [5.74, 6) is 0.469. The van der Waals surface area contributed by atoms with E-state index in [-0.39, 0.29) is 17.7 Å². The molecule has 1 aromatic heterocycles. The number of para-hydroxylation sites is 1. The first-order valence-corrected chi connectivity index (χ1v) is 8.71. The third-order valence-corrected chi connectivity index (χ3v) is 5.20. The van der Waals surface area contributed by atoms with Gasteiger partial charge in [-0.25, -0.2) is 0 Å². The molecule has 1 aliphatic rings. The first-order chi connectivity index (χ1) is 12.1. The first-order valence-electron chi connectivity index (χ1n) is 8.34. The zero-order chi connectivity index (χ0) is 17.6. The number of furan rings is 1. The van der Waals surface area contributed by atoms with Crippen LogP contribution >= 0.6 is 11.6 Å². The maximum absolute atomic E-state index is 13.1. The van der Waals surface area contributed by atoms with Gasteiger partial charge in [0.15, 0.2) is 11.3 Å². The largest absolute Gasteiger partial charge is 0.508 e. The van der Waals surface area contributed by atoms with Crippen LogP contribution in [-0.4, -0.2) is 22.5 Å². The molecule has 1 fully saturated rings. The molecule has 1 amide bonds. The minimum atomic E-state index is -0.111. The van der Waals surface area contributed by atoms with Crippen molar-refractivity contribution < 1.29 is 14.3 Å². The normalized spacial score (nSPS) is 17.4. The van der Waals surface area contributed by atoms with Gasteiger partial charge in [0.05, 0.1) is 11.1 Å². The second-order valence-corrected chi connectivity index (χ2v) is 6.83. The fourth-order valence-electron chi connectivity index (χ4n) is 3.60. The Morgan fingerprint density at radius 3 is 2.72 bits per heavy atom. The lowest BCUT2D eigenvalue weighted by Crippen LogP contribution is -2.30. The van der Waals surface area contributed by atoms with E-state index in [1.54, 1.807) is 18.2 Å². The Morgan fingerprint density at radius 2 is 2.00 bits per heavy atom.